The predicted octanol–water partition coefficient (Wildman–Crippen LogP) is 4.25. The summed E-state index contributed by atoms with van der Waals surface area (Å²) in [5.74, 6) is 1.23. The summed E-state index contributed by atoms with van der Waals surface area (Å²) in [6.45, 7) is 0.844. The van der Waals surface area contributed by atoms with E-state index in [4.69, 9.17) is 9.47 Å². The molecular weight excluding hydrogens is 404 g/mol. The SMILES string of the molecule is COc1ccccc1CN(C)C(=O)c1ccc(C(=O)N(C)Cc2ccccc2OC)cc1. The summed E-state index contributed by atoms with van der Waals surface area (Å²) in [6, 6.07) is 22.0. The average Bonchev–Trinajstić information content (AvgIpc) is 2.83. The average molecular weight is 433 g/mol. The van der Waals surface area contributed by atoms with Crippen LogP contribution in [0.4, 0.5) is 0 Å². The molecule has 0 atom stereocenters. The molecule has 0 aliphatic heterocycles. The van der Waals surface area contributed by atoms with Crippen molar-refractivity contribution in [2.75, 3.05) is 28.3 Å². The Morgan fingerprint density at radius 2 is 0.969 bits per heavy atom. The van der Waals surface area contributed by atoms with Crippen LogP contribution in [0.3, 0.4) is 0 Å². The van der Waals surface area contributed by atoms with E-state index in [9.17, 15) is 9.59 Å². The van der Waals surface area contributed by atoms with Gasteiger partial charge in [-0.25, -0.2) is 0 Å². The molecule has 0 saturated carbocycles. The quantitative estimate of drug-likeness (QED) is 0.534. The van der Waals surface area contributed by atoms with E-state index < -0.39 is 0 Å². The van der Waals surface area contributed by atoms with Gasteiger partial charge < -0.3 is 19.3 Å². The van der Waals surface area contributed by atoms with Crippen LogP contribution >= 0.6 is 0 Å². The van der Waals surface area contributed by atoms with E-state index in [0.717, 1.165) is 22.6 Å². The van der Waals surface area contributed by atoms with Gasteiger partial charge in [0.15, 0.2) is 0 Å². The Balaban J connectivity index is 1.67. The predicted molar refractivity (Wildman–Crippen MR) is 124 cm³/mol. The molecule has 3 aromatic rings. The van der Waals surface area contributed by atoms with E-state index in [2.05, 4.69) is 0 Å². The Hall–Kier alpha value is -3.80. The van der Waals surface area contributed by atoms with Crippen LogP contribution in [0.2, 0.25) is 0 Å². The number of hydrogen-bond acceptors (Lipinski definition) is 4. The normalized spacial score (nSPS) is 10.4. The standard InChI is InChI=1S/C26H28N2O4/c1-27(17-21-9-5-7-11-23(21)31-3)25(29)19-13-15-20(16-14-19)26(30)28(2)18-22-10-6-8-12-24(22)32-4/h5-16H,17-18H2,1-4H3. The number of amides is 2. The van der Waals surface area contributed by atoms with E-state index in [-0.39, 0.29) is 11.8 Å². The summed E-state index contributed by atoms with van der Waals surface area (Å²) in [4.78, 5) is 29.0. The summed E-state index contributed by atoms with van der Waals surface area (Å²) in [7, 11) is 6.71. The lowest BCUT2D eigenvalue weighted by Gasteiger charge is -2.20. The van der Waals surface area contributed by atoms with Crippen molar-refractivity contribution < 1.29 is 19.1 Å². The van der Waals surface area contributed by atoms with Gasteiger partial charge in [0.25, 0.3) is 11.8 Å². The molecule has 0 radical (unpaired) electrons. The van der Waals surface area contributed by atoms with Crippen molar-refractivity contribution in [1.29, 1.82) is 0 Å². The van der Waals surface area contributed by atoms with Gasteiger partial charge in [-0.1, -0.05) is 36.4 Å². The molecule has 0 spiro atoms. The highest BCUT2D eigenvalue weighted by atomic mass is 16.5. The lowest BCUT2D eigenvalue weighted by molar-refractivity contribution is 0.0772. The van der Waals surface area contributed by atoms with E-state index in [1.165, 1.54) is 0 Å². The number of para-hydroxylation sites is 2. The largest absolute Gasteiger partial charge is 0.496 e. The lowest BCUT2D eigenvalue weighted by atomic mass is 10.1. The molecule has 0 unspecified atom stereocenters. The molecule has 6 heteroatoms. The van der Waals surface area contributed by atoms with Gasteiger partial charge in [0.1, 0.15) is 11.5 Å². The van der Waals surface area contributed by atoms with E-state index >= 15 is 0 Å². The molecule has 0 saturated heterocycles. The van der Waals surface area contributed by atoms with Crippen LogP contribution in [-0.4, -0.2) is 49.9 Å². The van der Waals surface area contributed by atoms with Crippen LogP contribution in [0.1, 0.15) is 31.8 Å². The van der Waals surface area contributed by atoms with Crippen molar-refractivity contribution in [3.8, 4) is 11.5 Å². The molecule has 0 heterocycles. The fourth-order valence-corrected chi connectivity index (χ4v) is 3.52. The number of carbonyl (C=O) groups excluding carboxylic acids is 2. The molecule has 0 aromatic heterocycles. The number of rotatable bonds is 8. The molecule has 0 N–H and O–H groups in total. The minimum atomic E-state index is -0.128. The molecule has 166 valence electrons. The van der Waals surface area contributed by atoms with Gasteiger partial charge in [-0.3, -0.25) is 9.59 Å². The van der Waals surface area contributed by atoms with Crippen molar-refractivity contribution in [3.05, 3.63) is 95.1 Å². The Morgan fingerprint density at radius 3 is 1.31 bits per heavy atom. The summed E-state index contributed by atoms with van der Waals surface area (Å²) in [6.07, 6.45) is 0. The monoisotopic (exact) mass is 432 g/mol. The first-order valence-corrected chi connectivity index (χ1v) is 10.3. The molecular formula is C26H28N2O4. The Bertz CT molecular complexity index is 993. The van der Waals surface area contributed by atoms with Gasteiger partial charge in [-0.05, 0) is 36.4 Å². The highest BCUT2D eigenvalue weighted by Crippen LogP contribution is 2.21. The van der Waals surface area contributed by atoms with Gasteiger partial charge in [0.05, 0.1) is 14.2 Å². The van der Waals surface area contributed by atoms with E-state index in [1.807, 2.05) is 48.5 Å². The first kappa shape index (κ1) is 22.9. The first-order chi connectivity index (χ1) is 15.4. The molecule has 32 heavy (non-hydrogen) atoms. The van der Waals surface area contributed by atoms with Crippen molar-refractivity contribution in [3.63, 3.8) is 0 Å². The van der Waals surface area contributed by atoms with Gasteiger partial charge in [-0.15, -0.1) is 0 Å². The molecule has 3 rings (SSSR count). The molecule has 2 amide bonds. The van der Waals surface area contributed by atoms with E-state index in [1.54, 1.807) is 62.4 Å². The summed E-state index contributed by atoms with van der Waals surface area (Å²) in [5, 5.41) is 0. The Labute approximate surface area is 189 Å². The number of hydrogen-bond donors (Lipinski definition) is 0. The maximum Gasteiger partial charge on any atom is 0.253 e. The summed E-state index contributed by atoms with van der Waals surface area (Å²) < 4.78 is 10.7. The minimum absolute atomic E-state index is 0.128. The molecule has 3 aromatic carbocycles. The second-order valence-electron chi connectivity index (χ2n) is 7.52. The maximum absolute atomic E-state index is 12.9. The number of ether oxygens (including phenoxy) is 2. The van der Waals surface area contributed by atoms with Gasteiger partial charge in [0.2, 0.25) is 0 Å². The highest BCUT2D eigenvalue weighted by molar-refractivity contribution is 5.97. The van der Waals surface area contributed by atoms with Crippen LogP contribution in [0, 0.1) is 0 Å². The third kappa shape index (κ3) is 5.27. The number of nitrogens with zero attached hydrogens (tertiary/aromatic N) is 2. The van der Waals surface area contributed by atoms with Crippen molar-refractivity contribution in [2.24, 2.45) is 0 Å². The highest BCUT2D eigenvalue weighted by Gasteiger charge is 2.17. The summed E-state index contributed by atoms with van der Waals surface area (Å²) >= 11 is 0. The minimum Gasteiger partial charge on any atom is -0.496 e. The molecule has 0 fully saturated rings. The maximum atomic E-state index is 12.9. The van der Waals surface area contributed by atoms with Crippen LogP contribution in [-0.2, 0) is 13.1 Å². The fourth-order valence-electron chi connectivity index (χ4n) is 3.52. The fraction of sp³-hybridized carbons (Fsp3) is 0.231. The number of carbonyl (C=O) groups is 2. The third-order valence-corrected chi connectivity index (χ3v) is 5.27. The van der Waals surface area contributed by atoms with Crippen LogP contribution in [0.5, 0.6) is 11.5 Å². The smallest absolute Gasteiger partial charge is 0.253 e. The zero-order valence-corrected chi connectivity index (χ0v) is 18.9. The van der Waals surface area contributed by atoms with Crippen molar-refractivity contribution >= 4 is 11.8 Å². The molecule has 6 nitrogen and oxygen atoms in total. The second kappa shape index (κ2) is 10.5. The molecule has 0 aliphatic rings. The molecule has 0 aliphatic carbocycles. The van der Waals surface area contributed by atoms with Gasteiger partial charge in [0, 0.05) is 49.4 Å². The zero-order chi connectivity index (χ0) is 23.1. The molecule has 0 bridgehead atoms. The third-order valence-electron chi connectivity index (χ3n) is 5.27. The van der Waals surface area contributed by atoms with Gasteiger partial charge in [-0.2, -0.15) is 0 Å². The first-order valence-electron chi connectivity index (χ1n) is 10.3. The van der Waals surface area contributed by atoms with Crippen LogP contribution < -0.4 is 9.47 Å². The van der Waals surface area contributed by atoms with Crippen molar-refractivity contribution in [1.82, 2.24) is 9.80 Å². The summed E-state index contributed by atoms with van der Waals surface area (Å²) in [5.41, 5.74) is 2.89. The van der Waals surface area contributed by atoms with E-state index in [0.29, 0.717) is 24.2 Å². The topological polar surface area (TPSA) is 59.1 Å². The van der Waals surface area contributed by atoms with Gasteiger partial charge >= 0.3 is 0 Å². The Kier molecular flexibility index (Phi) is 7.49. The van der Waals surface area contributed by atoms with Crippen LogP contribution in [0.15, 0.2) is 72.8 Å². The number of benzene rings is 3. The number of methoxy groups -OCH3 is 2. The second-order valence-corrected chi connectivity index (χ2v) is 7.52. The zero-order valence-electron chi connectivity index (χ0n) is 18.9. The van der Waals surface area contributed by atoms with Crippen molar-refractivity contribution in [2.45, 2.75) is 13.1 Å². The Morgan fingerprint density at radius 1 is 0.625 bits per heavy atom. The lowest BCUT2D eigenvalue weighted by Crippen LogP contribution is -2.27. The van der Waals surface area contributed by atoms with Crippen LogP contribution in [0.25, 0.3) is 0 Å².